The van der Waals surface area contributed by atoms with Crippen LogP contribution < -0.4 is 0 Å². The van der Waals surface area contributed by atoms with Crippen LogP contribution in [0.5, 0.6) is 0 Å². The van der Waals surface area contributed by atoms with E-state index in [1.165, 1.54) is 12.4 Å². The Kier molecular flexibility index (Phi) is 1.75. The molecule has 1 heterocycles. The number of hydrogen-bond acceptors (Lipinski definition) is 3. The first-order valence-corrected chi connectivity index (χ1v) is 2.69. The van der Waals surface area contributed by atoms with Crippen molar-refractivity contribution in [3.63, 3.8) is 0 Å². The average molecular weight is 142 g/mol. The van der Waals surface area contributed by atoms with Crippen molar-refractivity contribution in [3.05, 3.63) is 24.0 Å². The molecule has 0 aliphatic carbocycles. The highest BCUT2D eigenvalue weighted by Gasteiger charge is 1.93. The van der Waals surface area contributed by atoms with Crippen LogP contribution >= 0.6 is 11.6 Å². The normalized spacial score (nSPS) is 9.00. The van der Waals surface area contributed by atoms with Crippen molar-refractivity contribution in [1.29, 1.82) is 5.41 Å². The fourth-order valence-corrected chi connectivity index (χ4v) is 0.532. The molecule has 3 nitrogen and oxygen atoms in total. The summed E-state index contributed by atoms with van der Waals surface area (Å²) >= 11 is 5.32. The molecular weight excluding hydrogens is 138 g/mol. The molecule has 1 N–H and O–H groups in total. The maximum atomic E-state index is 6.93. The predicted molar refractivity (Wildman–Crippen MR) is 34.7 cm³/mol. The first kappa shape index (κ1) is 6.16. The quantitative estimate of drug-likeness (QED) is 0.594. The van der Waals surface area contributed by atoms with Crippen LogP contribution in [0.25, 0.3) is 0 Å². The number of hydrogen-bond donors (Lipinski definition) is 1. The van der Waals surface area contributed by atoms with Gasteiger partial charge in [-0.05, 0) is 6.07 Å². The Morgan fingerprint density at radius 1 is 1.56 bits per heavy atom. The van der Waals surface area contributed by atoms with Crippen molar-refractivity contribution in [2.45, 2.75) is 0 Å². The van der Waals surface area contributed by atoms with Gasteiger partial charge in [-0.25, -0.2) is 0 Å². The zero-order chi connectivity index (χ0) is 6.69. The minimum absolute atomic E-state index is 0.00935. The first-order chi connectivity index (χ1) is 4.30. The summed E-state index contributed by atoms with van der Waals surface area (Å²) < 4.78 is 0. The van der Waals surface area contributed by atoms with Crippen molar-refractivity contribution < 1.29 is 0 Å². The molecule has 0 amide bonds. The third kappa shape index (κ3) is 1.47. The molecule has 9 heavy (non-hydrogen) atoms. The van der Waals surface area contributed by atoms with Gasteiger partial charge in [0.05, 0.1) is 12.4 Å². The molecule has 1 rings (SSSR count). The highest BCUT2D eigenvalue weighted by atomic mass is 35.5. The van der Waals surface area contributed by atoms with Crippen LogP contribution in [-0.4, -0.2) is 15.4 Å². The van der Waals surface area contributed by atoms with Crippen LogP contribution in [0.3, 0.4) is 0 Å². The monoisotopic (exact) mass is 141 g/mol. The van der Waals surface area contributed by atoms with E-state index < -0.39 is 0 Å². The second-order valence-electron chi connectivity index (χ2n) is 1.45. The summed E-state index contributed by atoms with van der Waals surface area (Å²) in [5, 5.41) is 14.0. The van der Waals surface area contributed by atoms with Crippen molar-refractivity contribution in [2.24, 2.45) is 0 Å². The molecule has 0 aromatic carbocycles. The van der Waals surface area contributed by atoms with Gasteiger partial charge in [-0.15, -0.1) is 0 Å². The SMILES string of the molecule is N=C(Cl)c1ccnnc1. The van der Waals surface area contributed by atoms with Crippen LogP contribution in [0.2, 0.25) is 0 Å². The lowest BCUT2D eigenvalue weighted by molar-refractivity contribution is 1.03. The van der Waals surface area contributed by atoms with Crippen LogP contribution in [0, 0.1) is 5.41 Å². The van der Waals surface area contributed by atoms with Crippen LogP contribution in [0.1, 0.15) is 5.56 Å². The highest BCUT2D eigenvalue weighted by molar-refractivity contribution is 6.68. The van der Waals surface area contributed by atoms with Gasteiger partial charge >= 0.3 is 0 Å². The fraction of sp³-hybridized carbons (Fsp3) is 0. The van der Waals surface area contributed by atoms with Crippen molar-refractivity contribution in [2.75, 3.05) is 0 Å². The Bertz CT molecular complexity index is 209. The lowest BCUT2D eigenvalue weighted by atomic mass is 10.3. The van der Waals surface area contributed by atoms with Crippen LogP contribution in [-0.2, 0) is 0 Å². The van der Waals surface area contributed by atoms with Crippen molar-refractivity contribution in [1.82, 2.24) is 10.2 Å². The third-order valence-corrected chi connectivity index (χ3v) is 1.06. The van der Waals surface area contributed by atoms with Crippen molar-refractivity contribution >= 4 is 16.8 Å². The summed E-state index contributed by atoms with van der Waals surface area (Å²) in [4.78, 5) is 0. The fourth-order valence-electron chi connectivity index (χ4n) is 0.421. The molecule has 46 valence electrons. The number of halogens is 1. The number of nitrogens with zero attached hydrogens (tertiary/aromatic N) is 2. The Hall–Kier alpha value is -0.960. The van der Waals surface area contributed by atoms with Gasteiger partial charge in [-0.1, -0.05) is 11.6 Å². The second kappa shape index (κ2) is 2.55. The summed E-state index contributed by atoms with van der Waals surface area (Å²) in [5.74, 6) is 0. The van der Waals surface area contributed by atoms with Crippen molar-refractivity contribution in [3.8, 4) is 0 Å². The maximum Gasteiger partial charge on any atom is 0.129 e. The Labute approximate surface area is 57.2 Å². The van der Waals surface area contributed by atoms with Gasteiger partial charge in [0.15, 0.2) is 0 Å². The average Bonchev–Trinajstić information content (AvgIpc) is 1.90. The third-order valence-electron chi connectivity index (χ3n) is 0.838. The molecule has 0 unspecified atom stereocenters. The molecule has 0 atom stereocenters. The van der Waals surface area contributed by atoms with E-state index in [1.54, 1.807) is 6.07 Å². The largest absolute Gasteiger partial charge is 0.289 e. The minimum atomic E-state index is -0.00935. The molecule has 0 bridgehead atoms. The summed E-state index contributed by atoms with van der Waals surface area (Å²) in [7, 11) is 0. The molecule has 0 aliphatic rings. The van der Waals surface area contributed by atoms with Gasteiger partial charge in [0.1, 0.15) is 5.17 Å². The van der Waals surface area contributed by atoms with E-state index in [4.69, 9.17) is 17.0 Å². The Balaban J connectivity index is 2.98. The zero-order valence-electron chi connectivity index (χ0n) is 4.50. The molecule has 4 heteroatoms. The summed E-state index contributed by atoms with van der Waals surface area (Å²) in [6.07, 6.45) is 2.93. The summed E-state index contributed by atoms with van der Waals surface area (Å²) in [5.41, 5.74) is 0.590. The zero-order valence-corrected chi connectivity index (χ0v) is 5.26. The van der Waals surface area contributed by atoms with Gasteiger partial charge in [0.2, 0.25) is 0 Å². The van der Waals surface area contributed by atoms with E-state index in [9.17, 15) is 0 Å². The molecule has 0 spiro atoms. The topological polar surface area (TPSA) is 49.6 Å². The van der Waals surface area contributed by atoms with Crippen LogP contribution in [0.4, 0.5) is 0 Å². The van der Waals surface area contributed by atoms with Crippen LogP contribution in [0.15, 0.2) is 18.5 Å². The highest BCUT2D eigenvalue weighted by Crippen LogP contribution is 1.97. The first-order valence-electron chi connectivity index (χ1n) is 2.32. The molecule has 1 aromatic rings. The lowest BCUT2D eigenvalue weighted by Gasteiger charge is -1.88. The number of rotatable bonds is 1. The minimum Gasteiger partial charge on any atom is -0.289 e. The molecule has 0 radical (unpaired) electrons. The molecular formula is C5H4ClN3. The van der Waals surface area contributed by atoms with E-state index in [0.29, 0.717) is 5.56 Å². The predicted octanol–water partition coefficient (Wildman–Crippen LogP) is 1.04. The van der Waals surface area contributed by atoms with E-state index >= 15 is 0 Å². The standard InChI is InChI=1S/C5H4ClN3/c6-5(7)4-1-2-8-9-3-4/h1-3,7H. The number of aromatic nitrogens is 2. The Morgan fingerprint density at radius 3 is 2.67 bits per heavy atom. The van der Waals surface area contributed by atoms with Gasteiger partial charge in [-0.3, -0.25) is 5.41 Å². The van der Waals surface area contributed by atoms with E-state index in [1.807, 2.05) is 0 Å². The molecule has 0 aliphatic heterocycles. The summed E-state index contributed by atoms with van der Waals surface area (Å²) in [6.45, 7) is 0. The van der Waals surface area contributed by atoms with Gasteiger partial charge in [0, 0.05) is 5.56 Å². The lowest BCUT2D eigenvalue weighted by Crippen LogP contribution is -1.89. The van der Waals surface area contributed by atoms with Gasteiger partial charge in [0.25, 0.3) is 0 Å². The van der Waals surface area contributed by atoms with E-state index in [-0.39, 0.29) is 5.17 Å². The maximum absolute atomic E-state index is 6.93. The van der Waals surface area contributed by atoms with Gasteiger partial charge < -0.3 is 0 Å². The second-order valence-corrected chi connectivity index (χ2v) is 1.82. The molecule has 0 saturated carbocycles. The molecule has 0 fully saturated rings. The Morgan fingerprint density at radius 2 is 2.33 bits per heavy atom. The van der Waals surface area contributed by atoms with E-state index in [0.717, 1.165) is 0 Å². The summed E-state index contributed by atoms with van der Waals surface area (Å²) in [6, 6.07) is 1.63. The molecule has 0 saturated heterocycles. The van der Waals surface area contributed by atoms with E-state index in [2.05, 4.69) is 10.2 Å². The number of nitrogens with one attached hydrogen (secondary N) is 1. The smallest absolute Gasteiger partial charge is 0.129 e. The molecule has 1 aromatic heterocycles. The van der Waals surface area contributed by atoms with Gasteiger partial charge in [-0.2, -0.15) is 10.2 Å².